The maximum absolute atomic E-state index is 9.24. The van der Waals surface area contributed by atoms with Gasteiger partial charge in [-0.15, -0.1) is 0 Å². The van der Waals surface area contributed by atoms with Crippen molar-refractivity contribution in [3.8, 4) is 68.3 Å². The van der Waals surface area contributed by atoms with Crippen LogP contribution in [0.3, 0.4) is 0 Å². The number of aliphatic hydroxyl groups excluding tert-OH is 1. The lowest BCUT2D eigenvalue weighted by molar-refractivity contribution is 0.0797. The number of nitrogens with one attached hydrogen (secondary N) is 1. The number of benzene rings is 6. The molecule has 0 radical (unpaired) electrons. The highest BCUT2D eigenvalue weighted by molar-refractivity contribution is 6.76. The topological polar surface area (TPSA) is 183 Å². The number of ether oxygens (including phenoxy) is 6. The molecule has 0 amide bonds. The van der Waals surface area contributed by atoms with Crippen molar-refractivity contribution in [2.24, 2.45) is 0 Å². The second-order valence-corrected chi connectivity index (χ2v) is 45.3. The minimum atomic E-state index is -1.10. The Morgan fingerprint density at radius 1 is 0.384 bits per heavy atom. The number of fused-ring (bicyclic) bond motifs is 3. The Bertz CT molecular complexity index is 4520. The van der Waals surface area contributed by atoms with E-state index in [1.54, 1.807) is 6.20 Å². The molecule has 0 spiro atoms. The number of hydrogen-bond donors (Lipinski definition) is 2. The summed E-state index contributed by atoms with van der Waals surface area (Å²) >= 11 is 0. The molecule has 99 heavy (non-hydrogen) atoms. The third-order valence-electron chi connectivity index (χ3n) is 16.1. The fourth-order valence-electron chi connectivity index (χ4n) is 10.5. The van der Waals surface area contributed by atoms with E-state index in [0.717, 1.165) is 163 Å². The number of pyridine rings is 3. The van der Waals surface area contributed by atoms with E-state index in [0.29, 0.717) is 25.9 Å². The van der Waals surface area contributed by atoms with Crippen LogP contribution in [0, 0.1) is 0 Å². The maximum atomic E-state index is 9.24. The molecule has 0 atom stereocenters. The average molecular weight is 1380 g/mol. The van der Waals surface area contributed by atoms with E-state index >= 15 is 0 Å². The van der Waals surface area contributed by atoms with E-state index in [4.69, 9.17) is 33.4 Å². The predicted molar refractivity (Wildman–Crippen MR) is 407 cm³/mol. The van der Waals surface area contributed by atoms with Gasteiger partial charge in [-0.3, -0.25) is 15.0 Å². The number of rotatable bonds is 29. The van der Waals surface area contributed by atoms with Crippen molar-refractivity contribution in [3.05, 3.63) is 218 Å². The standard InChI is InChI=1S/C27H34N4O2Si.C26H32N4O2Si.C25H29N3O3Si/c1-30(2)19-23-9-6-22-18-25(12-13-26(22)29-23)33-24-10-7-21(8-11-24)27-14-15-28-31(27)20-32-16-17-34(3,4)5;1-27-18-22-8-5-21-17-24(11-12-25(21)29-22)32-23-9-6-20(7-10-23)26-13-14-28-30(26)19-31-15-16-33(2,3)4;1-32(2,3)15-14-30-18-28-25(12-13-26-28)19-5-8-22(9-6-19)31-23-10-11-24-20(16-23)4-7-21(17-29)27-24/h6-15,18H,16-17,19-20H2,1-5H3;5-14,17,27H,15-16,18-19H2,1-4H3;4-13,16,29H,14-15,17-18H2,1-3H3. The first kappa shape index (κ1) is 72.7. The molecule has 2 N–H and O–H groups in total. The Balaban J connectivity index is 0.000000161. The van der Waals surface area contributed by atoms with Gasteiger partial charge in [-0.05, 0) is 203 Å². The summed E-state index contributed by atoms with van der Waals surface area (Å²) in [7, 11) is 2.73. The summed E-state index contributed by atoms with van der Waals surface area (Å²) in [6, 6.07) is 63.4. The van der Waals surface area contributed by atoms with Crippen molar-refractivity contribution in [2.45, 2.75) is 117 Å². The molecule has 12 rings (SSSR count). The lowest BCUT2D eigenvalue weighted by Gasteiger charge is -2.16. The third kappa shape index (κ3) is 22.2. The van der Waals surface area contributed by atoms with Gasteiger partial charge in [0.1, 0.15) is 54.7 Å². The molecule has 0 unspecified atom stereocenters. The van der Waals surface area contributed by atoms with E-state index in [9.17, 15) is 5.11 Å². The summed E-state index contributed by atoms with van der Waals surface area (Å²) in [5, 5.41) is 28.7. The van der Waals surface area contributed by atoms with Crippen LogP contribution in [0.25, 0.3) is 66.5 Å². The second-order valence-electron chi connectivity index (χ2n) is 28.5. The van der Waals surface area contributed by atoms with Crippen molar-refractivity contribution in [1.29, 1.82) is 0 Å². The van der Waals surface area contributed by atoms with E-state index in [1.165, 1.54) is 0 Å². The van der Waals surface area contributed by atoms with Crippen LogP contribution >= 0.6 is 0 Å². The van der Waals surface area contributed by atoms with Crippen LogP contribution in [0.15, 0.2) is 201 Å². The quantitative estimate of drug-likeness (QED) is 0.0333. The SMILES string of the molecule is CN(C)Cc1ccc2cc(Oc3ccc(-c4ccnn4COCC[Si](C)(C)C)cc3)ccc2n1.CNCc1ccc2cc(Oc3ccc(-c4ccnn4COCC[Si](C)(C)C)cc3)ccc2n1.C[Si](C)(C)CCOCn1nccc1-c1ccc(Oc2ccc3nc(CO)ccc3c2)cc1. The van der Waals surface area contributed by atoms with E-state index < -0.39 is 24.2 Å². The van der Waals surface area contributed by atoms with Crippen LogP contribution in [-0.4, -0.2) is 119 Å². The molecule has 0 aliphatic carbocycles. The molecule has 6 aromatic carbocycles. The van der Waals surface area contributed by atoms with Gasteiger partial charge in [0.15, 0.2) is 0 Å². The van der Waals surface area contributed by atoms with Crippen LogP contribution in [0.2, 0.25) is 77.1 Å². The molecule has 21 heteroatoms. The lowest BCUT2D eigenvalue weighted by Crippen LogP contribution is -2.22. The van der Waals surface area contributed by atoms with Crippen LogP contribution in [0.4, 0.5) is 0 Å². The van der Waals surface area contributed by atoms with Crippen molar-refractivity contribution < 1.29 is 33.5 Å². The molecular formula is C78H95N11O7Si3. The zero-order chi connectivity index (χ0) is 69.9. The molecule has 0 fully saturated rings. The van der Waals surface area contributed by atoms with Gasteiger partial charge in [0.2, 0.25) is 0 Å². The van der Waals surface area contributed by atoms with Gasteiger partial charge in [-0.2, -0.15) is 15.3 Å². The smallest absolute Gasteiger partial charge is 0.139 e. The molecule has 6 heterocycles. The lowest BCUT2D eigenvalue weighted by atomic mass is 10.1. The van der Waals surface area contributed by atoms with Gasteiger partial charge in [0.25, 0.3) is 0 Å². The van der Waals surface area contributed by atoms with Gasteiger partial charge >= 0.3 is 0 Å². The van der Waals surface area contributed by atoms with Crippen molar-refractivity contribution in [1.82, 2.24) is 54.5 Å². The molecule has 12 aromatic rings. The fourth-order valence-corrected chi connectivity index (χ4v) is 12.8. The van der Waals surface area contributed by atoms with Gasteiger partial charge < -0.3 is 43.7 Å². The monoisotopic (exact) mass is 1380 g/mol. The summed E-state index contributed by atoms with van der Waals surface area (Å²) in [5.74, 6) is 4.66. The summed E-state index contributed by atoms with van der Waals surface area (Å²) in [6.07, 6.45) is 5.42. The molecule has 0 aliphatic heterocycles. The second kappa shape index (κ2) is 34.2. The minimum absolute atomic E-state index is 0.0654. The Morgan fingerprint density at radius 2 is 0.697 bits per heavy atom. The Labute approximate surface area is 585 Å². The Hall–Kier alpha value is -9.01. The molecule has 0 saturated carbocycles. The molecule has 18 nitrogen and oxygen atoms in total. The molecular weight excluding hydrogens is 1290 g/mol. The Morgan fingerprint density at radius 3 is 1.02 bits per heavy atom. The van der Waals surface area contributed by atoms with Crippen LogP contribution in [-0.2, 0) is 54.1 Å². The van der Waals surface area contributed by atoms with Crippen molar-refractivity contribution >= 4 is 56.9 Å². The minimum Gasteiger partial charge on any atom is -0.457 e. The summed E-state index contributed by atoms with van der Waals surface area (Å²) in [6.45, 7) is 26.4. The zero-order valence-corrected chi connectivity index (χ0v) is 62.4. The molecule has 0 saturated heterocycles. The van der Waals surface area contributed by atoms with Crippen molar-refractivity contribution in [2.75, 3.05) is 41.0 Å². The first-order chi connectivity index (χ1) is 47.6. The van der Waals surface area contributed by atoms with Crippen molar-refractivity contribution in [3.63, 3.8) is 0 Å². The first-order valence-corrected chi connectivity index (χ1v) is 44.9. The predicted octanol–water partition coefficient (Wildman–Crippen LogP) is 17.9. The fraction of sp³-hybridized carbons (Fsp3) is 0.308. The molecule has 516 valence electrons. The largest absolute Gasteiger partial charge is 0.457 e. The highest BCUT2D eigenvalue weighted by Crippen LogP contribution is 2.32. The number of aromatic nitrogens is 9. The van der Waals surface area contributed by atoms with E-state index in [1.807, 2.05) is 187 Å². The summed E-state index contributed by atoms with van der Waals surface area (Å²) in [4.78, 5) is 15.9. The van der Waals surface area contributed by atoms with Gasteiger partial charge in [-0.25, -0.2) is 14.0 Å². The highest BCUT2D eigenvalue weighted by atomic mass is 28.3. The summed E-state index contributed by atoms with van der Waals surface area (Å²) < 4.78 is 41.6. The molecule has 0 aliphatic rings. The van der Waals surface area contributed by atoms with E-state index in [-0.39, 0.29) is 6.61 Å². The Kier molecular flexibility index (Phi) is 25.1. The normalized spacial score (nSPS) is 11.8. The molecule has 0 bridgehead atoms. The van der Waals surface area contributed by atoms with E-state index in [2.05, 4.69) is 137 Å². The maximum Gasteiger partial charge on any atom is 0.139 e. The van der Waals surface area contributed by atoms with Gasteiger partial charge in [0.05, 0.1) is 57.3 Å². The van der Waals surface area contributed by atoms with Crippen LogP contribution < -0.4 is 19.5 Å². The summed E-state index contributed by atoms with van der Waals surface area (Å²) in [5.41, 5.74) is 11.8. The van der Waals surface area contributed by atoms with Crippen LogP contribution in [0.5, 0.6) is 34.5 Å². The molecule has 6 aromatic heterocycles. The average Bonchev–Trinajstić information content (AvgIpc) is 1.78. The number of hydrogen-bond acceptors (Lipinski definition) is 15. The number of nitrogens with zero attached hydrogens (tertiary/aromatic N) is 10. The third-order valence-corrected chi connectivity index (χ3v) is 21.2. The van der Waals surface area contributed by atoms with Crippen LogP contribution in [0.1, 0.15) is 17.1 Å². The van der Waals surface area contributed by atoms with Gasteiger partial charge in [-0.1, -0.05) is 77.1 Å². The first-order valence-electron chi connectivity index (χ1n) is 33.8. The zero-order valence-electron chi connectivity index (χ0n) is 59.4. The highest BCUT2D eigenvalue weighted by Gasteiger charge is 2.17. The number of aliphatic hydroxyl groups is 1. The van der Waals surface area contributed by atoms with Gasteiger partial charge in [0, 0.05) is 109 Å².